The van der Waals surface area contributed by atoms with Crippen LogP contribution in [0.5, 0.6) is 0 Å². The first-order valence-electron chi connectivity index (χ1n) is 4.75. The van der Waals surface area contributed by atoms with Crippen molar-refractivity contribution in [3.63, 3.8) is 0 Å². The Bertz CT molecular complexity index is 274. The molecule has 0 fully saturated rings. The molecule has 1 unspecified atom stereocenters. The molecule has 70 valence electrons. The second-order valence-corrected chi connectivity index (χ2v) is 3.48. The Labute approximate surface area is 78.2 Å². The number of hydrogen-bond donors (Lipinski definition) is 1. The molecule has 0 spiro atoms. The van der Waals surface area contributed by atoms with E-state index in [9.17, 15) is 0 Å². The summed E-state index contributed by atoms with van der Waals surface area (Å²) in [4.78, 5) is 0. The van der Waals surface area contributed by atoms with E-state index in [-0.39, 0.29) is 0 Å². The van der Waals surface area contributed by atoms with Crippen LogP contribution in [0.15, 0.2) is 35.8 Å². The van der Waals surface area contributed by atoms with Crippen LogP contribution in [0, 0.1) is 5.92 Å². The van der Waals surface area contributed by atoms with E-state index in [1.807, 2.05) is 6.08 Å². The van der Waals surface area contributed by atoms with Gasteiger partial charge in [-0.2, -0.15) is 0 Å². The van der Waals surface area contributed by atoms with Crippen LogP contribution in [0.3, 0.4) is 0 Å². The largest absolute Gasteiger partial charge is 0.509 e. The number of aliphatic hydroxyl groups is 1. The van der Waals surface area contributed by atoms with Gasteiger partial charge in [-0.1, -0.05) is 12.2 Å². The molecule has 0 aromatic carbocycles. The van der Waals surface area contributed by atoms with Gasteiger partial charge in [-0.15, -0.1) is 0 Å². The first-order valence-corrected chi connectivity index (χ1v) is 4.75. The molecule has 0 aromatic rings. The Morgan fingerprint density at radius 1 is 1.38 bits per heavy atom. The van der Waals surface area contributed by atoms with Crippen molar-refractivity contribution in [3.8, 4) is 0 Å². The average molecular weight is 178 g/mol. The zero-order valence-electron chi connectivity index (χ0n) is 7.57. The smallest absolute Gasteiger partial charge is 0.144 e. The van der Waals surface area contributed by atoms with E-state index in [1.54, 1.807) is 6.08 Å². The molecular formula is C11H14O2. The van der Waals surface area contributed by atoms with Crippen LogP contribution >= 0.6 is 0 Å². The van der Waals surface area contributed by atoms with Crippen molar-refractivity contribution in [2.24, 2.45) is 5.92 Å². The molecule has 2 nitrogen and oxygen atoms in total. The van der Waals surface area contributed by atoms with Crippen molar-refractivity contribution in [1.82, 2.24) is 0 Å². The Morgan fingerprint density at radius 3 is 2.92 bits per heavy atom. The molecule has 0 radical (unpaired) electrons. The molecule has 13 heavy (non-hydrogen) atoms. The quantitative estimate of drug-likeness (QED) is 0.625. The molecule has 2 heteroatoms. The summed E-state index contributed by atoms with van der Waals surface area (Å²) in [7, 11) is 0. The molecule has 1 atom stereocenters. The van der Waals surface area contributed by atoms with Crippen LogP contribution in [0.4, 0.5) is 0 Å². The van der Waals surface area contributed by atoms with Gasteiger partial charge in [0.25, 0.3) is 0 Å². The highest BCUT2D eigenvalue weighted by atomic mass is 16.5. The van der Waals surface area contributed by atoms with Crippen LogP contribution in [-0.4, -0.2) is 11.7 Å². The van der Waals surface area contributed by atoms with Crippen LogP contribution in [0.2, 0.25) is 0 Å². The molecule has 0 amide bonds. The number of hydrogen-bond acceptors (Lipinski definition) is 2. The number of ether oxygens (including phenoxy) is 1. The lowest BCUT2D eigenvalue weighted by Crippen LogP contribution is -2.11. The third-order valence-corrected chi connectivity index (χ3v) is 2.45. The Hall–Kier alpha value is -1.18. The predicted octanol–water partition coefficient (Wildman–Crippen LogP) is 2.70. The van der Waals surface area contributed by atoms with Gasteiger partial charge in [0, 0.05) is 5.92 Å². The molecule has 1 N–H and O–H groups in total. The molecule has 1 aliphatic carbocycles. The summed E-state index contributed by atoms with van der Waals surface area (Å²) < 4.78 is 5.42. The molecule has 1 aliphatic heterocycles. The second-order valence-electron chi connectivity index (χ2n) is 3.48. The maximum atomic E-state index is 9.10. The van der Waals surface area contributed by atoms with E-state index in [0.717, 1.165) is 12.2 Å². The van der Waals surface area contributed by atoms with Crippen LogP contribution in [-0.2, 0) is 4.74 Å². The fraction of sp³-hybridized carbons (Fsp3) is 0.455. The summed E-state index contributed by atoms with van der Waals surface area (Å²) in [5.74, 6) is 1.73. The van der Waals surface area contributed by atoms with Gasteiger partial charge >= 0.3 is 0 Å². The lowest BCUT2D eigenvalue weighted by Gasteiger charge is -2.22. The minimum Gasteiger partial charge on any atom is -0.509 e. The lowest BCUT2D eigenvalue weighted by atomic mass is 9.93. The maximum Gasteiger partial charge on any atom is 0.144 e. The Kier molecular flexibility index (Phi) is 2.39. The van der Waals surface area contributed by atoms with E-state index >= 15 is 0 Å². The summed E-state index contributed by atoms with van der Waals surface area (Å²) in [6.45, 7) is 0.330. The molecule has 0 saturated carbocycles. The zero-order valence-corrected chi connectivity index (χ0v) is 7.57. The normalized spacial score (nSPS) is 27.5. The molecule has 1 heterocycles. The third-order valence-electron chi connectivity index (χ3n) is 2.45. The number of aliphatic hydroxyl groups excluding tert-OH is 1. The monoisotopic (exact) mass is 178 g/mol. The van der Waals surface area contributed by atoms with Crippen LogP contribution in [0.1, 0.15) is 19.3 Å². The van der Waals surface area contributed by atoms with Gasteiger partial charge in [-0.25, -0.2) is 0 Å². The molecule has 0 aromatic heterocycles. The summed E-state index contributed by atoms with van der Waals surface area (Å²) in [5.41, 5.74) is 0. The fourth-order valence-corrected chi connectivity index (χ4v) is 1.71. The van der Waals surface area contributed by atoms with E-state index in [0.29, 0.717) is 18.3 Å². The maximum absolute atomic E-state index is 9.10. The third kappa shape index (κ3) is 1.94. The summed E-state index contributed by atoms with van der Waals surface area (Å²) in [6.07, 6.45) is 11.6. The average Bonchev–Trinajstić information content (AvgIpc) is 2.20. The van der Waals surface area contributed by atoms with E-state index in [1.165, 1.54) is 12.8 Å². The number of rotatable bonds is 1. The zero-order chi connectivity index (χ0) is 9.10. The molecular weight excluding hydrogens is 164 g/mol. The Balaban J connectivity index is 2.08. The van der Waals surface area contributed by atoms with Crippen molar-refractivity contribution in [1.29, 1.82) is 0 Å². The predicted molar refractivity (Wildman–Crippen MR) is 51.2 cm³/mol. The van der Waals surface area contributed by atoms with E-state index < -0.39 is 0 Å². The van der Waals surface area contributed by atoms with Gasteiger partial charge in [0.1, 0.15) is 18.1 Å². The summed E-state index contributed by atoms with van der Waals surface area (Å²) >= 11 is 0. The first kappa shape index (κ1) is 8.42. The van der Waals surface area contributed by atoms with Crippen molar-refractivity contribution in [2.45, 2.75) is 19.3 Å². The van der Waals surface area contributed by atoms with Crippen LogP contribution < -0.4 is 0 Å². The minimum atomic E-state index is 0.309. The molecule has 0 bridgehead atoms. The van der Waals surface area contributed by atoms with E-state index in [4.69, 9.17) is 9.84 Å². The molecule has 0 saturated heterocycles. The van der Waals surface area contributed by atoms with Crippen LogP contribution in [0.25, 0.3) is 0 Å². The highest BCUT2D eigenvalue weighted by Crippen LogP contribution is 2.26. The fourth-order valence-electron chi connectivity index (χ4n) is 1.71. The lowest BCUT2D eigenvalue weighted by molar-refractivity contribution is 0.164. The number of allylic oxidation sites excluding steroid dienone is 4. The SMILES string of the molecule is OC1=CC=C(C2C=CCCC2)OC1. The minimum absolute atomic E-state index is 0.309. The summed E-state index contributed by atoms with van der Waals surface area (Å²) in [5, 5.41) is 9.10. The standard InChI is InChI=1S/C11H14O2/c12-10-6-7-11(13-8-10)9-4-2-1-3-5-9/h2,4,6-7,9,12H,1,3,5,8H2. The van der Waals surface area contributed by atoms with Gasteiger partial charge in [0.2, 0.25) is 0 Å². The highest BCUT2D eigenvalue weighted by Gasteiger charge is 2.16. The van der Waals surface area contributed by atoms with Gasteiger partial charge in [0.15, 0.2) is 0 Å². The second kappa shape index (κ2) is 3.69. The summed E-state index contributed by atoms with van der Waals surface area (Å²) in [6, 6.07) is 0. The highest BCUT2D eigenvalue weighted by molar-refractivity contribution is 5.20. The molecule has 2 aliphatic rings. The van der Waals surface area contributed by atoms with Crippen molar-refractivity contribution < 1.29 is 9.84 Å². The van der Waals surface area contributed by atoms with Gasteiger partial charge < -0.3 is 9.84 Å². The van der Waals surface area contributed by atoms with Crippen molar-refractivity contribution in [3.05, 3.63) is 35.8 Å². The molecule has 2 rings (SSSR count). The van der Waals surface area contributed by atoms with Crippen molar-refractivity contribution >= 4 is 0 Å². The van der Waals surface area contributed by atoms with Gasteiger partial charge in [-0.05, 0) is 31.4 Å². The van der Waals surface area contributed by atoms with Gasteiger partial charge in [0.05, 0.1) is 0 Å². The first-order chi connectivity index (χ1) is 6.36. The Morgan fingerprint density at radius 2 is 2.31 bits per heavy atom. The van der Waals surface area contributed by atoms with Crippen molar-refractivity contribution in [2.75, 3.05) is 6.61 Å². The van der Waals surface area contributed by atoms with Gasteiger partial charge in [-0.3, -0.25) is 0 Å². The topological polar surface area (TPSA) is 29.5 Å². The van der Waals surface area contributed by atoms with E-state index in [2.05, 4.69) is 12.2 Å².